The van der Waals surface area contributed by atoms with Gasteiger partial charge in [0.1, 0.15) is 0 Å². The Hall–Kier alpha value is -0.240. The van der Waals surface area contributed by atoms with Crippen LogP contribution in [0.5, 0.6) is 0 Å². The van der Waals surface area contributed by atoms with Crippen molar-refractivity contribution >= 4 is 0 Å². The van der Waals surface area contributed by atoms with Crippen molar-refractivity contribution in [1.82, 2.24) is 4.90 Å². The minimum absolute atomic E-state index is 0.0287. The monoisotopic (exact) mass is 409 g/mol. The molecule has 5 aliphatic rings. The van der Waals surface area contributed by atoms with Crippen LogP contribution in [0.2, 0.25) is 0 Å². The van der Waals surface area contributed by atoms with Crippen LogP contribution in [0.15, 0.2) is 0 Å². The molecule has 29 heavy (non-hydrogen) atoms. The smallest absolute Gasteiger partial charge is 0.0728 e. The van der Waals surface area contributed by atoms with Crippen LogP contribution >= 0.6 is 0 Å². The van der Waals surface area contributed by atoms with Gasteiger partial charge in [-0.15, -0.1) is 0 Å². The maximum Gasteiger partial charge on any atom is 0.0728 e. The lowest BCUT2D eigenvalue weighted by Crippen LogP contribution is -2.69. The Morgan fingerprint density at radius 1 is 1.10 bits per heavy atom. The van der Waals surface area contributed by atoms with E-state index in [1.54, 1.807) is 14.2 Å². The summed E-state index contributed by atoms with van der Waals surface area (Å²) in [6, 6.07) is 0. The number of ether oxygens (including phenoxy) is 2. The molecule has 0 spiro atoms. The molecule has 0 amide bonds. The van der Waals surface area contributed by atoms with E-state index in [1.807, 2.05) is 0 Å². The maximum atomic E-state index is 11.9. The van der Waals surface area contributed by atoms with Gasteiger partial charge >= 0.3 is 0 Å². The van der Waals surface area contributed by atoms with Crippen LogP contribution in [0.4, 0.5) is 0 Å². The second-order valence-electron chi connectivity index (χ2n) is 11.0. The van der Waals surface area contributed by atoms with Crippen molar-refractivity contribution in [2.75, 3.05) is 40.5 Å². The Balaban J connectivity index is 1.66. The normalized spacial score (nSPS) is 56.7. The van der Waals surface area contributed by atoms with E-state index < -0.39 is 11.7 Å². The molecule has 5 fully saturated rings. The molecular formula is C23H39NO5. The van der Waals surface area contributed by atoms with E-state index in [0.29, 0.717) is 25.4 Å². The highest BCUT2D eigenvalue weighted by molar-refractivity contribution is 5.22. The molecule has 6 heteroatoms. The first-order chi connectivity index (χ1) is 13.8. The summed E-state index contributed by atoms with van der Waals surface area (Å²) < 4.78 is 11.5. The quantitative estimate of drug-likeness (QED) is 0.649. The van der Waals surface area contributed by atoms with Crippen molar-refractivity contribution in [3.8, 4) is 0 Å². The summed E-state index contributed by atoms with van der Waals surface area (Å²) in [5, 5.41) is 34.8. The van der Waals surface area contributed by atoms with Crippen LogP contribution in [-0.2, 0) is 9.47 Å². The Labute approximate surface area is 174 Å². The summed E-state index contributed by atoms with van der Waals surface area (Å²) in [4.78, 5) is 2.50. The van der Waals surface area contributed by atoms with Gasteiger partial charge in [-0.05, 0) is 50.5 Å². The third kappa shape index (κ3) is 2.56. The zero-order valence-electron chi connectivity index (χ0n) is 18.2. The SMILES string of the molecule is CCN1CC2(COC)CCC(O)C3(C1)C1CC4C(OC)CC(O)(CCC23)C1C4O. The molecule has 1 heterocycles. The molecule has 0 aromatic carbocycles. The van der Waals surface area contributed by atoms with Crippen molar-refractivity contribution in [2.45, 2.75) is 69.4 Å². The molecule has 10 atom stereocenters. The number of methoxy groups -OCH3 is 2. The molecule has 4 bridgehead atoms. The second kappa shape index (κ2) is 6.88. The lowest BCUT2D eigenvalue weighted by atomic mass is 9.46. The molecule has 4 saturated carbocycles. The molecule has 0 radical (unpaired) electrons. The minimum atomic E-state index is -0.901. The molecule has 4 aliphatic carbocycles. The Kier molecular flexibility index (Phi) is 4.90. The molecule has 1 aliphatic heterocycles. The minimum Gasteiger partial charge on any atom is -0.392 e. The Morgan fingerprint density at radius 2 is 1.90 bits per heavy atom. The predicted molar refractivity (Wildman–Crippen MR) is 108 cm³/mol. The predicted octanol–water partition coefficient (Wildman–Crippen LogP) is 1.27. The fraction of sp³-hybridized carbons (Fsp3) is 1.00. The standard InChI is InChI=1S/C23H39NO5/c1-4-24-11-21(13-28-2)7-6-18(25)23(12-24)15-9-14-16(29-3)10-22(27,8-5-17(21)23)19(15)20(14)26/h14-20,25-27H,4-13H2,1-3H3. The van der Waals surface area contributed by atoms with Gasteiger partial charge in [0.25, 0.3) is 0 Å². The van der Waals surface area contributed by atoms with Gasteiger partial charge in [-0.1, -0.05) is 6.92 Å². The third-order valence-corrected chi connectivity index (χ3v) is 10.1. The van der Waals surface area contributed by atoms with Crippen LogP contribution in [0.3, 0.4) is 0 Å². The fourth-order valence-electron chi connectivity index (χ4n) is 9.15. The summed E-state index contributed by atoms with van der Waals surface area (Å²) >= 11 is 0. The molecule has 0 aromatic heterocycles. The average molecular weight is 410 g/mol. The van der Waals surface area contributed by atoms with Crippen molar-refractivity contribution in [2.24, 2.45) is 34.5 Å². The number of likely N-dealkylation sites (tertiary alicyclic amines) is 1. The van der Waals surface area contributed by atoms with Crippen molar-refractivity contribution in [3.63, 3.8) is 0 Å². The van der Waals surface area contributed by atoms with E-state index in [-0.39, 0.29) is 40.8 Å². The summed E-state index contributed by atoms with van der Waals surface area (Å²) in [5.74, 6) is 0.356. The van der Waals surface area contributed by atoms with Crippen LogP contribution in [-0.4, -0.2) is 84.6 Å². The van der Waals surface area contributed by atoms with E-state index >= 15 is 0 Å². The fourth-order valence-corrected chi connectivity index (χ4v) is 9.15. The van der Waals surface area contributed by atoms with Gasteiger partial charge in [0.15, 0.2) is 0 Å². The van der Waals surface area contributed by atoms with Crippen LogP contribution in [0.25, 0.3) is 0 Å². The zero-order chi connectivity index (χ0) is 20.6. The summed E-state index contributed by atoms with van der Waals surface area (Å²) in [5.41, 5.74) is -1.15. The lowest BCUT2D eigenvalue weighted by Gasteiger charge is -2.65. The zero-order valence-corrected chi connectivity index (χ0v) is 18.2. The Morgan fingerprint density at radius 3 is 2.59 bits per heavy atom. The first-order valence-electron chi connectivity index (χ1n) is 11.7. The number of nitrogens with zero attached hydrogens (tertiary/aromatic N) is 1. The van der Waals surface area contributed by atoms with Gasteiger partial charge < -0.3 is 29.7 Å². The maximum absolute atomic E-state index is 11.9. The highest BCUT2D eigenvalue weighted by Gasteiger charge is 2.73. The molecule has 5 rings (SSSR count). The first kappa shape index (κ1) is 20.7. The second-order valence-corrected chi connectivity index (χ2v) is 11.0. The van der Waals surface area contributed by atoms with E-state index in [1.165, 1.54) is 0 Å². The van der Waals surface area contributed by atoms with Crippen molar-refractivity contribution < 1.29 is 24.8 Å². The molecule has 166 valence electrons. The van der Waals surface area contributed by atoms with E-state index in [9.17, 15) is 15.3 Å². The number of piperidine rings is 1. The first-order valence-corrected chi connectivity index (χ1v) is 11.7. The molecule has 0 aromatic rings. The highest BCUT2D eigenvalue weighted by atomic mass is 16.5. The van der Waals surface area contributed by atoms with Crippen LogP contribution in [0.1, 0.15) is 45.4 Å². The van der Waals surface area contributed by atoms with E-state index in [0.717, 1.165) is 45.3 Å². The number of aliphatic hydroxyl groups excluding tert-OH is 2. The lowest BCUT2D eigenvalue weighted by molar-refractivity contribution is -0.220. The summed E-state index contributed by atoms with van der Waals surface area (Å²) in [6.07, 6.45) is 3.80. The summed E-state index contributed by atoms with van der Waals surface area (Å²) in [6.45, 7) is 5.76. The number of hydrogen-bond acceptors (Lipinski definition) is 6. The van der Waals surface area contributed by atoms with Crippen molar-refractivity contribution in [1.29, 1.82) is 0 Å². The Bertz CT molecular complexity index is 647. The topological polar surface area (TPSA) is 82.4 Å². The van der Waals surface area contributed by atoms with E-state index in [2.05, 4.69) is 11.8 Å². The number of aliphatic hydroxyl groups is 3. The van der Waals surface area contributed by atoms with Gasteiger partial charge in [0.2, 0.25) is 0 Å². The van der Waals surface area contributed by atoms with Crippen LogP contribution < -0.4 is 0 Å². The van der Waals surface area contributed by atoms with Gasteiger partial charge in [-0.2, -0.15) is 0 Å². The van der Waals surface area contributed by atoms with Gasteiger partial charge in [-0.3, -0.25) is 0 Å². The molecular weight excluding hydrogens is 370 g/mol. The largest absolute Gasteiger partial charge is 0.392 e. The van der Waals surface area contributed by atoms with Gasteiger partial charge in [0, 0.05) is 56.4 Å². The summed E-state index contributed by atoms with van der Waals surface area (Å²) in [7, 11) is 3.50. The average Bonchev–Trinajstić information content (AvgIpc) is 2.91. The molecule has 10 unspecified atom stereocenters. The van der Waals surface area contributed by atoms with Crippen LogP contribution in [0, 0.1) is 34.5 Å². The molecule has 3 N–H and O–H groups in total. The third-order valence-electron chi connectivity index (χ3n) is 10.1. The number of rotatable bonds is 4. The molecule has 6 nitrogen and oxygen atoms in total. The van der Waals surface area contributed by atoms with E-state index in [4.69, 9.17) is 9.47 Å². The van der Waals surface area contributed by atoms with Gasteiger partial charge in [0.05, 0.1) is 30.5 Å². The number of hydrogen-bond donors (Lipinski definition) is 3. The molecule has 1 saturated heterocycles. The van der Waals surface area contributed by atoms with Crippen molar-refractivity contribution in [3.05, 3.63) is 0 Å². The number of fused-ring (bicyclic) bond motifs is 1. The highest BCUT2D eigenvalue weighted by Crippen LogP contribution is 2.69. The van der Waals surface area contributed by atoms with Gasteiger partial charge in [-0.25, -0.2) is 0 Å².